The molecular weight excluding hydrogens is 340 g/mol. The summed E-state index contributed by atoms with van der Waals surface area (Å²) >= 11 is 5.71. The molecule has 8 heteroatoms. The van der Waals surface area contributed by atoms with Gasteiger partial charge in [-0.1, -0.05) is 23.7 Å². The van der Waals surface area contributed by atoms with E-state index in [4.69, 9.17) is 11.6 Å². The van der Waals surface area contributed by atoms with E-state index in [1.54, 1.807) is 6.07 Å². The first kappa shape index (κ1) is 16.7. The van der Waals surface area contributed by atoms with Crippen LogP contribution in [0, 0.1) is 21.4 Å². The van der Waals surface area contributed by atoms with Gasteiger partial charge in [0.15, 0.2) is 0 Å². The van der Waals surface area contributed by atoms with Crippen LogP contribution in [0.2, 0.25) is 5.02 Å². The summed E-state index contributed by atoms with van der Waals surface area (Å²) in [6.07, 6.45) is 0.988. The van der Waals surface area contributed by atoms with Gasteiger partial charge in [0.2, 0.25) is 9.84 Å². The number of nitro benzene ring substituents is 1. The molecule has 0 atom stereocenters. The molecular formula is C15H9ClN2O4S. The van der Waals surface area contributed by atoms with Crippen LogP contribution in [-0.2, 0) is 9.84 Å². The van der Waals surface area contributed by atoms with Crippen LogP contribution in [0.25, 0.3) is 6.08 Å². The van der Waals surface area contributed by atoms with E-state index in [0.717, 1.165) is 6.08 Å². The van der Waals surface area contributed by atoms with Crippen molar-refractivity contribution in [3.05, 3.63) is 74.1 Å². The van der Waals surface area contributed by atoms with Gasteiger partial charge in [-0.3, -0.25) is 10.1 Å². The fraction of sp³-hybridized carbons (Fsp3) is 0. The number of nitrogens with zero attached hydrogens (tertiary/aromatic N) is 2. The molecule has 0 spiro atoms. The van der Waals surface area contributed by atoms with E-state index in [0.29, 0.717) is 5.02 Å². The highest BCUT2D eigenvalue weighted by molar-refractivity contribution is 7.95. The average molecular weight is 349 g/mol. The molecule has 0 unspecified atom stereocenters. The fourth-order valence-electron chi connectivity index (χ4n) is 1.83. The largest absolute Gasteiger partial charge is 0.276 e. The predicted octanol–water partition coefficient (Wildman–Crippen LogP) is 3.59. The highest BCUT2D eigenvalue weighted by Gasteiger charge is 2.22. The molecule has 0 heterocycles. The maximum atomic E-state index is 12.5. The molecule has 0 N–H and O–H groups in total. The Kier molecular flexibility index (Phi) is 4.79. The Morgan fingerprint density at radius 2 is 1.78 bits per heavy atom. The second-order valence-corrected chi connectivity index (χ2v) is 6.75. The van der Waals surface area contributed by atoms with Gasteiger partial charge in [0.25, 0.3) is 5.69 Å². The summed E-state index contributed by atoms with van der Waals surface area (Å²) in [6, 6.07) is 12.5. The number of nitriles is 1. The van der Waals surface area contributed by atoms with Crippen molar-refractivity contribution in [3.63, 3.8) is 0 Å². The van der Waals surface area contributed by atoms with Gasteiger partial charge in [-0.2, -0.15) is 5.26 Å². The molecule has 0 aliphatic carbocycles. The molecule has 2 rings (SSSR count). The van der Waals surface area contributed by atoms with Crippen LogP contribution < -0.4 is 0 Å². The molecule has 2 aromatic rings. The fourth-order valence-corrected chi connectivity index (χ4v) is 3.10. The van der Waals surface area contributed by atoms with Crippen LogP contribution in [0.3, 0.4) is 0 Å². The van der Waals surface area contributed by atoms with Crippen molar-refractivity contribution in [1.82, 2.24) is 0 Å². The first-order valence-corrected chi connectivity index (χ1v) is 8.08. The van der Waals surface area contributed by atoms with Gasteiger partial charge >= 0.3 is 0 Å². The molecule has 2 aromatic carbocycles. The van der Waals surface area contributed by atoms with Gasteiger partial charge in [0, 0.05) is 11.1 Å². The van der Waals surface area contributed by atoms with Crippen molar-refractivity contribution in [2.45, 2.75) is 4.90 Å². The minimum atomic E-state index is -4.09. The Labute approximate surface area is 137 Å². The predicted molar refractivity (Wildman–Crippen MR) is 85.3 cm³/mol. The molecule has 6 nitrogen and oxygen atoms in total. The lowest BCUT2D eigenvalue weighted by atomic mass is 10.1. The van der Waals surface area contributed by atoms with Crippen LogP contribution in [0.5, 0.6) is 0 Å². The van der Waals surface area contributed by atoms with Gasteiger partial charge in [0.05, 0.1) is 15.4 Å². The number of benzene rings is 2. The van der Waals surface area contributed by atoms with Gasteiger partial charge in [-0.05, 0) is 36.4 Å². The number of rotatable bonds is 4. The second kappa shape index (κ2) is 6.60. The molecule has 0 saturated heterocycles. The van der Waals surface area contributed by atoms with Crippen LogP contribution >= 0.6 is 11.6 Å². The summed E-state index contributed by atoms with van der Waals surface area (Å²) in [5.41, 5.74) is -0.252. The third-order valence-electron chi connectivity index (χ3n) is 2.94. The first-order chi connectivity index (χ1) is 10.9. The minimum Gasteiger partial charge on any atom is -0.258 e. The van der Waals surface area contributed by atoms with Crippen LogP contribution in [0.1, 0.15) is 5.56 Å². The van der Waals surface area contributed by atoms with Gasteiger partial charge in [-0.25, -0.2) is 8.42 Å². The van der Waals surface area contributed by atoms with Gasteiger partial charge < -0.3 is 0 Å². The van der Waals surface area contributed by atoms with Crippen molar-refractivity contribution < 1.29 is 13.3 Å². The maximum Gasteiger partial charge on any atom is 0.276 e. The smallest absolute Gasteiger partial charge is 0.258 e. The summed E-state index contributed by atoms with van der Waals surface area (Å²) in [4.78, 5) is 9.63. The number of halogens is 1. The lowest BCUT2D eigenvalue weighted by molar-refractivity contribution is -0.385. The van der Waals surface area contributed by atoms with Crippen molar-refractivity contribution >= 4 is 33.2 Å². The monoisotopic (exact) mass is 348 g/mol. The Morgan fingerprint density at radius 1 is 1.17 bits per heavy atom. The molecule has 116 valence electrons. The molecule has 0 saturated carbocycles. The van der Waals surface area contributed by atoms with E-state index in [-0.39, 0.29) is 16.1 Å². The van der Waals surface area contributed by atoms with Crippen molar-refractivity contribution in [1.29, 1.82) is 5.26 Å². The number of hydrogen-bond donors (Lipinski definition) is 0. The first-order valence-electron chi connectivity index (χ1n) is 6.22. The number of para-hydroxylation sites is 1. The SMILES string of the molecule is N#C/C(=C\c1ccccc1[N+](=O)[O-])S(=O)(=O)c1ccc(Cl)cc1. The second-order valence-electron chi connectivity index (χ2n) is 4.39. The summed E-state index contributed by atoms with van der Waals surface area (Å²) in [5, 5.41) is 20.5. The third kappa shape index (κ3) is 3.56. The number of nitro groups is 1. The molecule has 0 amide bonds. The summed E-state index contributed by atoms with van der Waals surface area (Å²) in [7, 11) is -4.09. The Morgan fingerprint density at radius 3 is 2.35 bits per heavy atom. The highest BCUT2D eigenvalue weighted by Crippen LogP contribution is 2.26. The quantitative estimate of drug-likeness (QED) is 0.477. The van der Waals surface area contributed by atoms with E-state index in [2.05, 4.69) is 0 Å². The van der Waals surface area contributed by atoms with Gasteiger partial charge in [-0.15, -0.1) is 0 Å². The Bertz CT molecular complexity index is 929. The molecule has 23 heavy (non-hydrogen) atoms. The molecule has 0 radical (unpaired) electrons. The number of hydrogen-bond acceptors (Lipinski definition) is 5. The minimum absolute atomic E-state index is 0.0339. The van der Waals surface area contributed by atoms with Crippen LogP contribution in [0.4, 0.5) is 5.69 Å². The van der Waals surface area contributed by atoms with E-state index in [1.807, 2.05) is 0 Å². The average Bonchev–Trinajstić information content (AvgIpc) is 2.53. The zero-order valence-corrected chi connectivity index (χ0v) is 13.1. The number of allylic oxidation sites excluding steroid dienone is 1. The van der Waals surface area contributed by atoms with Crippen molar-refractivity contribution in [2.24, 2.45) is 0 Å². The summed E-state index contributed by atoms with van der Waals surface area (Å²) < 4.78 is 24.9. The van der Waals surface area contributed by atoms with Crippen molar-refractivity contribution in [3.8, 4) is 6.07 Å². The lowest BCUT2D eigenvalue weighted by Gasteiger charge is -2.04. The van der Waals surface area contributed by atoms with E-state index >= 15 is 0 Å². The van der Waals surface area contributed by atoms with E-state index < -0.39 is 19.7 Å². The van der Waals surface area contributed by atoms with E-state index in [1.165, 1.54) is 48.5 Å². The zero-order valence-electron chi connectivity index (χ0n) is 11.5. The standard InChI is InChI=1S/C15H9ClN2O4S/c16-12-5-7-13(8-6-12)23(21,22)14(10-17)9-11-3-1-2-4-15(11)18(19)20/h1-9H/b14-9+. The van der Waals surface area contributed by atoms with Crippen LogP contribution in [-0.4, -0.2) is 13.3 Å². The Hall–Kier alpha value is -2.69. The normalized spacial score (nSPS) is 11.7. The lowest BCUT2D eigenvalue weighted by Crippen LogP contribution is -2.03. The number of sulfone groups is 1. The zero-order chi connectivity index (χ0) is 17.0. The molecule has 0 fully saturated rings. The third-order valence-corrected chi connectivity index (χ3v) is 4.88. The Balaban J connectivity index is 2.58. The van der Waals surface area contributed by atoms with E-state index in [9.17, 15) is 23.8 Å². The van der Waals surface area contributed by atoms with Gasteiger partial charge in [0.1, 0.15) is 11.0 Å². The summed E-state index contributed by atoms with van der Waals surface area (Å²) in [6.45, 7) is 0. The molecule has 0 aliphatic rings. The highest BCUT2D eigenvalue weighted by atomic mass is 35.5. The molecule has 0 aliphatic heterocycles. The van der Waals surface area contributed by atoms with Crippen molar-refractivity contribution in [2.75, 3.05) is 0 Å². The summed E-state index contributed by atoms with van der Waals surface area (Å²) in [5.74, 6) is 0. The van der Waals surface area contributed by atoms with Crippen LogP contribution in [0.15, 0.2) is 58.3 Å². The molecule has 0 bridgehead atoms. The molecule has 0 aromatic heterocycles. The topological polar surface area (TPSA) is 101 Å². The maximum absolute atomic E-state index is 12.5.